The van der Waals surface area contributed by atoms with E-state index in [9.17, 15) is 4.79 Å². The van der Waals surface area contributed by atoms with E-state index in [-0.39, 0.29) is 11.9 Å². The van der Waals surface area contributed by atoms with Crippen molar-refractivity contribution in [3.63, 3.8) is 0 Å². The Labute approximate surface area is 165 Å². The summed E-state index contributed by atoms with van der Waals surface area (Å²) >= 11 is 0. The highest BCUT2D eigenvalue weighted by Crippen LogP contribution is 2.29. The van der Waals surface area contributed by atoms with Gasteiger partial charge in [-0.1, -0.05) is 30.3 Å². The number of nitrogens with one attached hydrogen (secondary N) is 1. The molecule has 0 fully saturated rings. The molecule has 146 valence electrons. The van der Waals surface area contributed by atoms with Crippen LogP contribution < -0.4 is 19.5 Å². The number of carbonyl (C=O) groups excluding carboxylic acids is 1. The molecule has 5 heteroatoms. The number of rotatable bonds is 7. The Morgan fingerprint density at radius 1 is 0.857 bits per heavy atom. The zero-order valence-electron chi connectivity index (χ0n) is 16.6. The maximum Gasteiger partial charge on any atom is 0.261 e. The fourth-order valence-corrected chi connectivity index (χ4v) is 3.08. The Balaban J connectivity index is 1.69. The molecule has 0 aromatic heterocycles. The lowest BCUT2D eigenvalue weighted by Gasteiger charge is -2.21. The average Bonchev–Trinajstić information content (AvgIpc) is 2.72. The molecule has 0 aliphatic rings. The number of hydrogen-bond acceptors (Lipinski definition) is 4. The number of amides is 1. The van der Waals surface area contributed by atoms with E-state index >= 15 is 0 Å². The van der Waals surface area contributed by atoms with Crippen LogP contribution in [0, 0.1) is 0 Å². The minimum atomic E-state index is -0.639. The second-order valence-corrected chi connectivity index (χ2v) is 6.61. The normalized spacial score (nSPS) is 12.9. The number of benzene rings is 3. The second kappa shape index (κ2) is 8.65. The number of methoxy groups -OCH3 is 2. The molecule has 0 radical (unpaired) electrons. The molecule has 0 saturated carbocycles. The van der Waals surface area contributed by atoms with Crippen molar-refractivity contribution in [2.45, 2.75) is 26.0 Å². The molecule has 0 spiro atoms. The summed E-state index contributed by atoms with van der Waals surface area (Å²) in [6.45, 7) is 3.64. The molecule has 0 bridgehead atoms. The average molecular weight is 379 g/mol. The Morgan fingerprint density at radius 2 is 1.57 bits per heavy atom. The fourth-order valence-electron chi connectivity index (χ4n) is 3.08. The standard InChI is InChI=1S/C23H25NO4/c1-15(21-14-19(26-3)11-12-22(21)27-4)24-23(25)16(2)28-20-10-9-17-7-5-6-8-18(17)13-20/h5-16H,1-4H3,(H,24,25)/t15-,16-/m1/s1. The molecular weight excluding hydrogens is 354 g/mol. The third-order valence-corrected chi connectivity index (χ3v) is 4.67. The maximum absolute atomic E-state index is 12.6. The molecule has 0 aliphatic carbocycles. The monoisotopic (exact) mass is 379 g/mol. The van der Waals surface area contributed by atoms with Crippen molar-refractivity contribution < 1.29 is 19.0 Å². The van der Waals surface area contributed by atoms with Gasteiger partial charge in [-0.25, -0.2) is 0 Å². The fraction of sp³-hybridized carbons (Fsp3) is 0.261. The molecule has 0 saturated heterocycles. The van der Waals surface area contributed by atoms with Gasteiger partial charge in [-0.15, -0.1) is 0 Å². The van der Waals surface area contributed by atoms with Crippen molar-refractivity contribution in [3.05, 3.63) is 66.2 Å². The summed E-state index contributed by atoms with van der Waals surface area (Å²) in [6, 6.07) is 19.1. The maximum atomic E-state index is 12.6. The van der Waals surface area contributed by atoms with E-state index in [1.165, 1.54) is 0 Å². The van der Waals surface area contributed by atoms with Gasteiger partial charge in [0.1, 0.15) is 17.2 Å². The summed E-state index contributed by atoms with van der Waals surface area (Å²) in [6.07, 6.45) is -0.639. The van der Waals surface area contributed by atoms with Gasteiger partial charge in [-0.3, -0.25) is 4.79 Å². The largest absolute Gasteiger partial charge is 0.497 e. The highest BCUT2D eigenvalue weighted by atomic mass is 16.5. The van der Waals surface area contributed by atoms with Crippen molar-refractivity contribution in [2.75, 3.05) is 14.2 Å². The van der Waals surface area contributed by atoms with Crippen LogP contribution in [0.15, 0.2) is 60.7 Å². The smallest absolute Gasteiger partial charge is 0.261 e. The molecule has 0 unspecified atom stereocenters. The first kappa shape index (κ1) is 19.5. The quantitative estimate of drug-likeness (QED) is 0.657. The summed E-state index contributed by atoms with van der Waals surface area (Å²) < 4.78 is 16.5. The van der Waals surface area contributed by atoms with Crippen LogP contribution >= 0.6 is 0 Å². The number of ether oxygens (including phenoxy) is 3. The van der Waals surface area contributed by atoms with Crippen LogP contribution in [0.25, 0.3) is 10.8 Å². The van der Waals surface area contributed by atoms with Crippen molar-refractivity contribution in [2.24, 2.45) is 0 Å². The molecule has 28 heavy (non-hydrogen) atoms. The molecule has 3 aromatic carbocycles. The number of fused-ring (bicyclic) bond motifs is 1. The van der Waals surface area contributed by atoms with E-state index in [0.717, 1.165) is 16.3 Å². The molecule has 2 atom stereocenters. The Bertz CT molecular complexity index is 970. The van der Waals surface area contributed by atoms with Gasteiger partial charge in [0.05, 0.1) is 20.3 Å². The topological polar surface area (TPSA) is 56.8 Å². The third kappa shape index (κ3) is 4.36. The third-order valence-electron chi connectivity index (χ3n) is 4.67. The van der Waals surface area contributed by atoms with Crippen molar-refractivity contribution in [3.8, 4) is 17.2 Å². The van der Waals surface area contributed by atoms with Gasteiger partial charge in [0.2, 0.25) is 0 Å². The summed E-state index contributed by atoms with van der Waals surface area (Å²) in [5, 5.41) is 5.18. The first-order valence-corrected chi connectivity index (χ1v) is 9.19. The first-order chi connectivity index (χ1) is 13.5. The SMILES string of the molecule is COc1ccc(OC)c([C@@H](C)NC(=O)[C@@H](C)Oc2ccc3ccccc3c2)c1. The molecule has 3 rings (SSSR count). The minimum absolute atomic E-state index is 0.203. The van der Waals surface area contributed by atoms with Crippen LogP contribution in [0.1, 0.15) is 25.5 Å². The molecule has 0 aliphatic heterocycles. The van der Waals surface area contributed by atoms with Gasteiger partial charge < -0.3 is 19.5 Å². The predicted octanol–water partition coefficient (Wildman–Crippen LogP) is 4.50. The predicted molar refractivity (Wildman–Crippen MR) is 110 cm³/mol. The number of hydrogen-bond donors (Lipinski definition) is 1. The molecule has 3 aromatic rings. The molecule has 0 heterocycles. The van der Waals surface area contributed by atoms with E-state index in [0.29, 0.717) is 17.2 Å². The van der Waals surface area contributed by atoms with Crippen molar-refractivity contribution in [1.29, 1.82) is 0 Å². The van der Waals surface area contributed by atoms with Gasteiger partial charge >= 0.3 is 0 Å². The minimum Gasteiger partial charge on any atom is -0.497 e. The summed E-state index contributed by atoms with van der Waals surface area (Å²) in [4.78, 5) is 12.6. The molecular formula is C23H25NO4. The highest BCUT2D eigenvalue weighted by Gasteiger charge is 2.20. The Kier molecular flexibility index (Phi) is 6.04. The van der Waals surface area contributed by atoms with E-state index < -0.39 is 6.10 Å². The van der Waals surface area contributed by atoms with Gasteiger partial charge in [0.15, 0.2) is 6.10 Å². The lowest BCUT2D eigenvalue weighted by Crippen LogP contribution is -2.37. The van der Waals surface area contributed by atoms with E-state index in [2.05, 4.69) is 5.32 Å². The summed E-state index contributed by atoms with van der Waals surface area (Å²) in [5.74, 6) is 1.85. The zero-order chi connectivity index (χ0) is 20.1. The number of carbonyl (C=O) groups is 1. The first-order valence-electron chi connectivity index (χ1n) is 9.19. The summed E-state index contributed by atoms with van der Waals surface area (Å²) in [5.41, 5.74) is 0.841. The van der Waals surface area contributed by atoms with Crippen LogP contribution in [-0.2, 0) is 4.79 Å². The van der Waals surface area contributed by atoms with E-state index in [1.54, 1.807) is 21.1 Å². The van der Waals surface area contributed by atoms with Crippen LogP contribution in [0.3, 0.4) is 0 Å². The highest BCUT2D eigenvalue weighted by molar-refractivity contribution is 5.84. The molecule has 1 amide bonds. The Morgan fingerprint density at radius 3 is 2.29 bits per heavy atom. The van der Waals surface area contributed by atoms with Crippen molar-refractivity contribution >= 4 is 16.7 Å². The second-order valence-electron chi connectivity index (χ2n) is 6.61. The lowest BCUT2D eigenvalue weighted by molar-refractivity contribution is -0.127. The van der Waals surface area contributed by atoms with Gasteiger partial charge in [-0.05, 0) is 55.0 Å². The van der Waals surface area contributed by atoms with Gasteiger partial charge in [-0.2, -0.15) is 0 Å². The van der Waals surface area contributed by atoms with Crippen molar-refractivity contribution in [1.82, 2.24) is 5.32 Å². The van der Waals surface area contributed by atoms with E-state index in [4.69, 9.17) is 14.2 Å². The van der Waals surface area contributed by atoms with Crippen LogP contribution in [0.2, 0.25) is 0 Å². The molecule has 5 nitrogen and oxygen atoms in total. The van der Waals surface area contributed by atoms with Crippen LogP contribution in [0.5, 0.6) is 17.2 Å². The Hall–Kier alpha value is -3.21. The van der Waals surface area contributed by atoms with Crippen LogP contribution in [-0.4, -0.2) is 26.2 Å². The molecule has 1 N–H and O–H groups in total. The lowest BCUT2D eigenvalue weighted by atomic mass is 10.1. The van der Waals surface area contributed by atoms with Gasteiger partial charge in [0.25, 0.3) is 5.91 Å². The zero-order valence-corrected chi connectivity index (χ0v) is 16.6. The van der Waals surface area contributed by atoms with E-state index in [1.807, 2.05) is 67.6 Å². The summed E-state index contributed by atoms with van der Waals surface area (Å²) in [7, 11) is 3.21. The van der Waals surface area contributed by atoms with Gasteiger partial charge in [0, 0.05) is 5.56 Å². The van der Waals surface area contributed by atoms with Crippen LogP contribution in [0.4, 0.5) is 0 Å².